The van der Waals surface area contributed by atoms with E-state index in [1.807, 2.05) is 0 Å². The van der Waals surface area contributed by atoms with Crippen molar-refractivity contribution < 1.29 is 14.1 Å². The molecule has 110 valence electrons. The Balaban J connectivity index is 1.64. The first-order valence-corrected chi connectivity index (χ1v) is 6.87. The average Bonchev–Trinajstić information content (AvgIpc) is 2.94. The van der Waals surface area contributed by atoms with E-state index in [1.54, 1.807) is 36.5 Å². The number of ether oxygens (including phenoxy) is 1. The number of rotatable bonds is 3. The first kappa shape index (κ1) is 13.5. The summed E-state index contributed by atoms with van der Waals surface area (Å²) < 4.78 is 10.7. The molecule has 0 saturated carbocycles. The van der Waals surface area contributed by atoms with Crippen molar-refractivity contribution in [2.24, 2.45) is 0 Å². The monoisotopic (exact) mass is 288 g/mol. The van der Waals surface area contributed by atoms with Crippen molar-refractivity contribution >= 4 is 5.91 Å². The van der Waals surface area contributed by atoms with Gasteiger partial charge in [-0.3, -0.25) is 9.78 Å². The molecule has 7 nitrogen and oxygen atoms in total. The lowest BCUT2D eigenvalue weighted by molar-refractivity contribution is 0.0518. The maximum absolute atomic E-state index is 12.3. The molecule has 3 rings (SSSR count). The highest BCUT2D eigenvalue weighted by atomic mass is 16.5. The predicted molar refractivity (Wildman–Crippen MR) is 72.8 cm³/mol. The van der Waals surface area contributed by atoms with Crippen molar-refractivity contribution in [1.82, 2.24) is 20.0 Å². The standard InChI is InChI=1S/C14H16N4O3/c1-10-7-12(17-21-10)14(19)18-6-2-3-11(9-18)20-13-8-15-4-5-16-13/h4-5,7-8,11H,2-3,6,9H2,1H3/t11-/m0/s1. The molecule has 3 heterocycles. The molecular weight excluding hydrogens is 272 g/mol. The second-order valence-electron chi connectivity index (χ2n) is 5.00. The third kappa shape index (κ3) is 3.18. The second kappa shape index (κ2) is 5.90. The molecule has 0 spiro atoms. The van der Waals surface area contributed by atoms with Crippen LogP contribution >= 0.6 is 0 Å². The van der Waals surface area contributed by atoms with Gasteiger partial charge in [0.15, 0.2) is 5.69 Å². The van der Waals surface area contributed by atoms with Crippen molar-refractivity contribution in [3.63, 3.8) is 0 Å². The zero-order valence-electron chi connectivity index (χ0n) is 11.7. The van der Waals surface area contributed by atoms with Gasteiger partial charge in [-0.15, -0.1) is 0 Å². The molecule has 0 aliphatic carbocycles. The Kier molecular flexibility index (Phi) is 3.81. The summed E-state index contributed by atoms with van der Waals surface area (Å²) in [6, 6.07) is 1.65. The normalized spacial score (nSPS) is 18.5. The van der Waals surface area contributed by atoms with Crippen LogP contribution in [0.3, 0.4) is 0 Å². The SMILES string of the molecule is Cc1cc(C(=O)N2CCC[C@H](Oc3cnccn3)C2)no1. The summed E-state index contributed by atoms with van der Waals surface area (Å²) in [6.07, 6.45) is 6.44. The molecule has 7 heteroatoms. The fourth-order valence-corrected chi connectivity index (χ4v) is 2.37. The fraction of sp³-hybridized carbons (Fsp3) is 0.429. The highest BCUT2D eigenvalue weighted by Crippen LogP contribution is 2.17. The number of hydrogen-bond donors (Lipinski definition) is 0. The summed E-state index contributed by atoms with van der Waals surface area (Å²) in [6.45, 7) is 2.98. The molecule has 21 heavy (non-hydrogen) atoms. The number of piperidine rings is 1. The van der Waals surface area contributed by atoms with Gasteiger partial charge in [-0.05, 0) is 19.8 Å². The third-order valence-corrected chi connectivity index (χ3v) is 3.34. The predicted octanol–water partition coefficient (Wildman–Crippen LogP) is 1.46. The Morgan fingerprint density at radius 1 is 1.48 bits per heavy atom. The van der Waals surface area contributed by atoms with Crippen LogP contribution < -0.4 is 4.74 Å². The lowest BCUT2D eigenvalue weighted by atomic mass is 10.1. The first-order chi connectivity index (χ1) is 10.2. The van der Waals surface area contributed by atoms with Crippen LogP contribution in [0.1, 0.15) is 29.1 Å². The molecule has 1 amide bonds. The number of aryl methyl sites for hydroxylation is 1. The first-order valence-electron chi connectivity index (χ1n) is 6.87. The van der Waals surface area contributed by atoms with Gasteiger partial charge in [0.1, 0.15) is 11.9 Å². The minimum absolute atomic E-state index is 0.0765. The number of aromatic nitrogens is 3. The topological polar surface area (TPSA) is 81.4 Å². The molecule has 0 radical (unpaired) electrons. The van der Waals surface area contributed by atoms with E-state index >= 15 is 0 Å². The largest absolute Gasteiger partial charge is 0.471 e. The Morgan fingerprint density at radius 3 is 3.10 bits per heavy atom. The number of carbonyl (C=O) groups excluding carboxylic acids is 1. The Bertz CT molecular complexity index is 614. The summed E-state index contributed by atoms with van der Waals surface area (Å²) in [5.74, 6) is 0.982. The zero-order chi connectivity index (χ0) is 14.7. The summed E-state index contributed by atoms with van der Waals surface area (Å²) in [5, 5.41) is 3.77. The highest BCUT2D eigenvalue weighted by molar-refractivity contribution is 5.92. The van der Waals surface area contributed by atoms with Crippen LogP contribution in [0, 0.1) is 6.92 Å². The van der Waals surface area contributed by atoms with Crippen LogP contribution in [-0.4, -0.2) is 45.1 Å². The van der Waals surface area contributed by atoms with Gasteiger partial charge in [-0.1, -0.05) is 5.16 Å². The maximum Gasteiger partial charge on any atom is 0.276 e. The van der Waals surface area contributed by atoms with Gasteiger partial charge in [-0.25, -0.2) is 4.98 Å². The molecule has 1 aliphatic heterocycles. The van der Waals surface area contributed by atoms with Gasteiger partial charge < -0.3 is 14.2 Å². The van der Waals surface area contributed by atoms with E-state index in [1.165, 1.54) is 0 Å². The van der Waals surface area contributed by atoms with E-state index in [-0.39, 0.29) is 12.0 Å². The van der Waals surface area contributed by atoms with Crippen molar-refractivity contribution in [1.29, 1.82) is 0 Å². The fourth-order valence-electron chi connectivity index (χ4n) is 2.37. The van der Waals surface area contributed by atoms with Crippen LogP contribution in [0.5, 0.6) is 5.88 Å². The molecule has 0 aromatic carbocycles. The highest BCUT2D eigenvalue weighted by Gasteiger charge is 2.27. The quantitative estimate of drug-likeness (QED) is 0.850. The number of amides is 1. The Labute approximate surface area is 121 Å². The van der Waals surface area contributed by atoms with E-state index in [0.717, 1.165) is 12.8 Å². The Hall–Kier alpha value is -2.44. The van der Waals surface area contributed by atoms with Crippen molar-refractivity contribution in [2.45, 2.75) is 25.9 Å². The molecule has 1 saturated heterocycles. The van der Waals surface area contributed by atoms with E-state index in [4.69, 9.17) is 9.26 Å². The average molecular weight is 288 g/mol. The van der Waals surface area contributed by atoms with Gasteiger partial charge in [0.25, 0.3) is 5.91 Å². The van der Waals surface area contributed by atoms with E-state index in [0.29, 0.717) is 30.4 Å². The molecule has 0 unspecified atom stereocenters. The zero-order valence-corrected chi connectivity index (χ0v) is 11.7. The van der Waals surface area contributed by atoms with Gasteiger partial charge in [-0.2, -0.15) is 0 Å². The third-order valence-electron chi connectivity index (χ3n) is 3.34. The summed E-state index contributed by atoms with van der Waals surface area (Å²) in [7, 11) is 0. The minimum atomic E-state index is -0.126. The van der Waals surface area contributed by atoms with Crippen molar-refractivity contribution in [2.75, 3.05) is 13.1 Å². The molecule has 0 N–H and O–H groups in total. The summed E-state index contributed by atoms with van der Waals surface area (Å²) in [5.41, 5.74) is 0.340. The minimum Gasteiger partial charge on any atom is -0.471 e. The van der Waals surface area contributed by atoms with E-state index < -0.39 is 0 Å². The second-order valence-corrected chi connectivity index (χ2v) is 5.00. The van der Waals surface area contributed by atoms with E-state index in [9.17, 15) is 4.79 Å². The van der Waals surface area contributed by atoms with Crippen LogP contribution in [0.15, 0.2) is 29.2 Å². The van der Waals surface area contributed by atoms with E-state index in [2.05, 4.69) is 15.1 Å². The number of carbonyl (C=O) groups is 1. The van der Waals surface area contributed by atoms with Crippen LogP contribution in [-0.2, 0) is 0 Å². The molecule has 0 bridgehead atoms. The van der Waals surface area contributed by atoms with Gasteiger partial charge in [0.05, 0.1) is 12.7 Å². The molecule has 2 aromatic rings. The molecule has 1 fully saturated rings. The van der Waals surface area contributed by atoms with Crippen LogP contribution in [0.25, 0.3) is 0 Å². The Morgan fingerprint density at radius 2 is 2.38 bits per heavy atom. The molecule has 1 atom stereocenters. The molecule has 2 aromatic heterocycles. The van der Waals surface area contributed by atoms with Crippen molar-refractivity contribution in [3.05, 3.63) is 36.1 Å². The van der Waals surface area contributed by atoms with Gasteiger partial charge >= 0.3 is 0 Å². The smallest absolute Gasteiger partial charge is 0.276 e. The molecule has 1 aliphatic rings. The summed E-state index contributed by atoms with van der Waals surface area (Å²) >= 11 is 0. The number of likely N-dealkylation sites (tertiary alicyclic amines) is 1. The summed E-state index contributed by atoms with van der Waals surface area (Å²) in [4.78, 5) is 22.1. The lowest BCUT2D eigenvalue weighted by Crippen LogP contribution is -2.44. The van der Waals surface area contributed by atoms with Crippen LogP contribution in [0.4, 0.5) is 0 Å². The van der Waals surface area contributed by atoms with Crippen LogP contribution in [0.2, 0.25) is 0 Å². The molecular formula is C14H16N4O3. The number of hydrogen-bond acceptors (Lipinski definition) is 6. The number of nitrogens with zero attached hydrogens (tertiary/aromatic N) is 4. The maximum atomic E-state index is 12.3. The lowest BCUT2D eigenvalue weighted by Gasteiger charge is -2.32. The van der Waals surface area contributed by atoms with Gasteiger partial charge in [0.2, 0.25) is 5.88 Å². The van der Waals surface area contributed by atoms with Crippen molar-refractivity contribution in [3.8, 4) is 5.88 Å². The van der Waals surface area contributed by atoms with Gasteiger partial charge in [0, 0.05) is 25.0 Å².